The lowest BCUT2D eigenvalue weighted by Crippen LogP contribution is -2.51. The second-order valence-electron chi connectivity index (χ2n) is 9.54. The third-order valence-corrected chi connectivity index (χ3v) is 6.73. The zero-order valence-corrected chi connectivity index (χ0v) is 22.3. The van der Waals surface area contributed by atoms with Crippen LogP contribution in [0.3, 0.4) is 0 Å². The van der Waals surface area contributed by atoms with Crippen molar-refractivity contribution in [3.05, 3.63) is 64.2 Å². The summed E-state index contributed by atoms with van der Waals surface area (Å²) in [6.07, 6.45) is -18.8. The number of amides is 1. The van der Waals surface area contributed by atoms with Gasteiger partial charge in [-0.1, -0.05) is 6.92 Å². The van der Waals surface area contributed by atoms with Crippen LogP contribution in [0.15, 0.2) is 36.4 Å². The van der Waals surface area contributed by atoms with Gasteiger partial charge in [0.25, 0.3) is 0 Å². The Morgan fingerprint density at radius 1 is 0.953 bits per heavy atom. The SMILES string of the molecule is CCC1CC(N(Cc2cc(C(F)(F)F)cc(C(F)(F)F)c2)C(=O)OC)c2cc(C(F)(F)F)ccc2N1C(O)OCC(=O)O. The fourth-order valence-corrected chi connectivity index (χ4v) is 4.84. The summed E-state index contributed by atoms with van der Waals surface area (Å²) in [4.78, 5) is 25.7. The molecule has 1 aliphatic rings. The molecular formula is C26H25F9N2O6. The molecule has 2 N–H and O–H groups in total. The molecule has 17 heteroatoms. The van der Waals surface area contributed by atoms with E-state index in [2.05, 4.69) is 0 Å². The van der Waals surface area contributed by atoms with Gasteiger partial charge in [0.1, 0.15) is 6.61 Å². The Hall–Kier alpha value is -3.73. The molecule has 2 aromatic rings. The first-order valence-electron chi connectivity index (χ1n) is 12.4. The maximum atomic E-state index is 13.7. The highest BCUT2D eigenvalue weighted by Crippen LogP contribution is 2.46. The van der Waals surface area contributed by atoms with Crippen LogP contribution in [-0.4, -0.2) is 53.3 Å². The van der Waals surface area contributed by atoms with Gasteiger partial charge < -0.3 is 24.6 Å². The molecule has 1 heterocycles. The second-order valence-corrected chi connectivity index (χ2v) is 9.54. The van der Waals surface area contributed by atoms with E-state index in [9.17, 15) is 54.2 Å². The van der Waals surface area contributed by atoms with Gasteiger partial charge in [-0.05, 0) is 60.4 Å². The van der Waals surface area contributed by atoms with Gasteiger partial charge in [0.15, 0.2) is 0 Å². The summed E-state index contributed by atoms with van der Waals surface area (Å²) in [5.41, 5.74) is -5.63. The third-order valence-electron chi connectivity index (χ3n) is 6.73. The van der Waals surface area contributed by atoms with Crippen molar-refractivity contribution < 1.29 is 68.8 Å². The quantitative estimate of drug-likeness (QED) is 0.256. The number of hydrogen-bond donors (Lipinski definition) is 2. The van der Waals surface area contributed by atoms with Crippen molar-refractivity contribution in [1.82, 2.24) is 4.90 Å². The number of alkyl halides is 9. The summed E-state index contributed by atoms with van der Waals surface area (Å²) in [6.45, 7) is -0.341. The number of anilines is 1. The van der Waals surface area contributed by atoms with E-state index in [4.69, 9.17) is 14.6 Å². The Bertz CT molecular complexity index is 1300. The third kappa shape index (κ3) is 7.81. The van der Waals surface area contributed by atoms with Crippen molar-refractivity contribution in [2.75, 3.05) is 18.6 Å². The van der Waals surface area contributed by atoms with E-state index in [1.807, 2.05) is 0 Å². The van der Waals surface area contributed by atoms with E-state index < -0.39 is 84.5 Å². The van der Waals surface area contributed by atoms with Crippen molar-refractivity contribution in [1.29, 1.82) is 0 Å². The molecule has 0 radical (unpaired) electrons. The van der Waals surface area contributed by atoms with Crippen LogP contribution in [0.1, 0.15) is 53.6 Å². The zero-order chi connectivity index (χ0) is 32.5. The minimum Gasteiger partial charge on any atom is -0.480 e. The van der Waals surface area contributed by atoms with Crippen LogP contribution in [0.4, 0.5) is 50.0 Å². The Morgan fingerprint density at radius 3 is 1.98 bits per heavy atom. The number of benzene rings is 2. The van der Waals surface area contributed by atoms with Crippen LogP contribution in [0.2, 0.25) is 0 Å². The highest BCUT2D eigenvalue weighted by atomic mass is 19.4. The first-order valence-corrected chi connectivity index (χ1v) is 12.4. The zero-order valence-electron chi connectivity index (χ0n) is 22.3. The maximum absolute atomic E-state index is 13.7. The van der Waals surface area contributed by atoms with Crippen LogP contribution >= 0.6 is 0 Å². The van der Waals surface area contributed by atoms with Crippen LogP contribution in [0.25, 0.3) is 0 Å². The fraction of sp³-hybridized carbons (Fsp3) is 0.462. The molecule has 2 aromatic carbocycles. The number of aliphatic hydroxyl groups excluding tert-OH is 1. The first kappa shape index (κ1) is 33.8. The topological polar surface area (TPSA) is 99.5 Å². The van der Waals surface area contributed by atoms with E-state index in [1.54, 1.807) is 6.92 Å². The second kappa shape index (κ2) is 12.5. The Labute approximate surface area is 238 Å². The molecule has 0 aromatic heterocycles. The molecule has 1 aliphatic heterocycles. The van der Waals surface area contributed by atoms with Gasteiger partial charge in [-0.3, -0.25) is 4.90 Å². The Kier molecular flexibility index (Phi) is 9.80. The van der Waals surface area contributed by atoms with Crippen LogP contribution in [0.5, 0.6) is 0 Å². The van der Waals surface area contributed by atoms with E-state index in [-0.39, 0.29) is 30.2 Å². The molecule has 0 spiro atoms. The van der Waals surface area contributed by atoms with Crippen molar-refractivity contribution in [3.8, 4) is 0 Å². The molecule has 0 saturated carbocycles. The number of halogens is 9. The molecule has 3 rings (SSSR count). The van der Waals surface area contributed by atoms with Crippen LogP contribution in [0, 0.1) is 0 Å². The smallest absolute Gasteiger partial charge is 0.416 e. The van der Waals surface area contributed by atoms with Gasteiger partial charge in [0, 0.05) is 18.3 Å². The van der Waals surface area contributed by atoms with Crippen molar-refractivity contribution in [2.45, 2.75) is 63.3 Å². The lowest BCUT2D eigenvalue weighted by atomic mass is 9.87. The van der Waals surface area contributed by atoms with Gasteiger partial charge in [-0.15, -0.1) is 0 Å². The number of aliphatic hydroxyl groups is 1. The normalized spacial score (nSPS) is 18.2. The number of carboxylic acids is 1. The highest BCUT2D eigenvalue weighted by Gasteiger charge is 2.43. The first-order chi connectivity index (χ1) is 19.8. The van der Waals surface area contributed by atoms with E-state index in [0.29, 0.717) is 29.2 Å². The summed E-state index contributed by atoms with van der Waals surface area (Å²) < 4.78 is 132. The molecule has 0 fully saturated rings. The molecule has 3 atom stereocenters. The number of rotatable bonds is 8. The van der Waals surface area contributed by atoms with Gasteiger partial charge in [0.05, 0.1) is 29.8 Å². The number of carboxylic acid groups (broad SMARTS) is 1. The number of fused-ring (bicyclic) bond motifs is 1. The van der Waals surface area contributed by atoms with E-state index >= 15 is 0 Å². The molecule has 3 unspecified atom stereocenters. The number of nitrogens with zero attached hydrogens (tertiary/aromatic N) is 2. The standard InChI is InChI=1S/C26H25F9N2O6/c1-3-17-10-20(18-9-14(24(27,28)29)4-5-19(18)37(17)23(41)43-12-21(38)39)36(22(40)42-2)11-13-6-15(25(30,31)32)8-16(7-13)26(33,34)35/h4-9,17,20,23,41H,3,10-12H2,1-2H3,(H,38,39). The molecule has 0 bridgehead atoms. The molecule has 1 amide bonds. The average molecular weight is 632 g/mol. The van der Waals surface area contributed by atoms with Gasteiger partial charge in [0.2, 0.25) is 6.41 Å². The van der Waals surface area contributed by atoms with Crippen molar-refractivity contribution >= 4 is 17.7 Å². The molecule has 238 valence electrons. The summed E-state index contributed by atoms with van der Waals surface area (Å²) in [7, 11) is 0.867. The monoisotopic (exact) mass is 632 g/mol. The maximum Gasteiger partial charge on any atom is 0.416 e. The summed E-state index contributed by atoms with van der Waals surface area (Å²) >= 11 is 0. The highest BCUT2D eigenvalue weighted by molar-refractivity contribution is 5.70. The molecule has 0 aliphatic carbocycles. The van der Waals surface area contributed by atoms with Gasteiger partial charge in [-0.2, -0.15) is 39.5 Å². The van der Waals surface area contributed by atoms with Gasteiger partial charge in [-0.25, -0.2) is 9.59 Å². The molecule has 0 saturated heterocycles. The summed E-state index contributed by atoms with van der Waals surface area (Å²) in [5.74, 6) is -1.47. The Balaban J connectivity index is 2.21. The van der Waals surface area contributed by atoms with Crippen LogP contribution < -0.4 is 4.90 Å². The lowest BCUT2D eigenvalue weighted by molar-refractivity contribution is -0.157. The number of hydrogen-bond acceptors (Lipinski definition) is 6. The predicted molar refractivity (Wildman–Crippen MR) is 129 cm³/mol. The van der Waals surface area contributed by atoms with Gasteiger partial charge >= 0.3 is 30.6 Å². The number of carbonyl (C=O) groups is 2. The molecule has 43 heavy (non-hydrogen) atoms. The lowest BCUT2D eigenvalue weighted by Gasteiger charge is -2.46. The van der Waals surface area contributed by atoms with Crippen LogP contribution in [-0.2, 0) is 39.3 Å². The minimum atomic E-state index is -5.20. The number of ether oxygens (including phenoxy) is 2. The number of aliphatic carboxylic acids is 1. The molecule has 8 nitrogen and oxygen atoms in total. The number of methoxy groups -OCH3 is 1. The van der Waals surface area contributed by atoms with Crippen molar-refractivity contribution in [2.24, 2.45) is 0 Å². The Morgan fingerprint density at radius 2 is 1.51 bits per heavy atom. The minimum absolute atomic E-state index is 0.110. The summed E-state index contributed by atoms with van der Waals surface area (Å²) in [5, 5.41) is 19.5. The fourth-order valence-electron chi connectivity index (χ4n) is 4.84. The average Bonchev–Trinajstić information content (AvgIpc) is 2.91. The van der Waals surface area contributed by atoms with E-state index in [1.165, 1.54) is 0 Å². The predicted octanol–water partition coefficient (Wildman–Crippen LogP) is 6.42. The van der Waals surface area contributed by atoms with E-state index in [0.717, 1.165) is 18.1 Å². The summed E-state index contributed by atoms with van der Waals surface area (Å²) in [6, 6.07) is 0.575. The van der Waals surface area contributed by atoms with Crippen molar-refractivity contribution in [3.63, 3.8) is 0 Å². The number of carbonyl (C=O) groups excluding carboxylic acids is 1. The largest absolute Gasteiger partial charge is 0.480 e. The molecular weight excluding hydrogens is 607 g/mol.